The van der Waals surface area contributed by atoms with Crippen LogP contribution in [0.15, 0.2) is 23.0 Å². The van der Waals surface area contributed by atoms with Crippen molar-refractivity contribution in [2.24, 2.45) is 5.41 Å². The maximum Gasteiger partial charge on any atom is 0.0703 e. The van der Waals surface area contributed by atoms with Gasteiger partial charge in [-0.2, -0.15) is 16.4 Å². The Morgan fingerprint density at radius 1 is 1.29 bits per heavy atom. The minimum atomic E-state index is 0.581. The van der Waals surface area contributed by atoms with E-state index in [9.17, 15) is 0 Å². The van der Waals surface area contributed by atoms with Crippen molar-refractivity contribution in [2.75, 3.05) is 26.2 Å². The third-order valence-corrected chi connectivity index (χ3v) is 5.79. The van der Waals surface area contributed by atoms with Crippen LogP contribution in [0.25, 0.3) is 11.3 Å². The van der Waals surface area contributed by atoms with Gasteiger partial charge in [-0.05, 0) is 55.8 Å². The van der Waals surface area contributed by atoms with Crippen LogP contribution >= 0.6 is 11.3 Å². The van der Waals surface area contributed by atoms with E-state index in [1.54, 1.807) is 11.3 Å². The van der Waals surface area contributed by atoms with Crippen molar-refractivity contribution in [3.63, 3.8) is 0 Å². The number of likely N-dealkylation sites (tertiary alicyclic amines) is 1. The van der Waals surface area contributed by atoms with Crippen molar-refractivity contribution in [1.29, 1.82) is 0 Å². The van der Waals surface area contributed by atoms with Crippen molar-refractivity contribution in [3.05, 3.63) is 28.6 Å². The molecule has 0 saturated carbocycles. The molecule has 5 heteroatoms. The van der Waals surface area contributed by atoms with Crippen LogP contribution in [0.1, 0.15) is 24.8 Å². The average molecular weight is 302 g/mol. The van der Waals surface area contributed by atoms with E-state index in [4.69, 9.17) is 0 Å². The van der Waals surface area contributed by atoms with Gasteiger partial charge >= 0.3 is 0 Å². The largest absolute Gasteiger partial charge is 0.317 e. The third-order valence-electron chi connectivity index (χ3n) is 5.10. The summed E-state index contributed by atoms with van der Waals surface area (Å²) in [6, 6.07) is 2.17. The maximum atomic E-state index is 4.27. The molecule has 2 saturated heterocycles. The van der Waals surface area contributed by atoms with Crippen molar-refractivity contribution in [1.82, 2.24) is 20.4 Å². The zero-order valence-electron chi connectivity index (χ0n) is 12.3. The van der Waals surface area contributed by atoms with Gasteiger partial charge in [0.25, 0.3) is 0 Å². The number of nitrogens with one attached hydrogen (secondary N) is 2. The number of H-pyrrole nitrogens is 1. The molecule has 2 fully saturated rings. The average Bonchev–Trinajstić information content (AvgIpc) is 3.22. The quantitative estimate of drug-likeness (QED) is 0.916. The molecule has 4 rings (SSSR count). The molecule has 0 atom stereocenters. The summed E-state index contributed by atoms with van der Waals surface area (Å²) in [5, 5.41) is 15.2. The first-order valence-corrected chi connectivity index (χ1v) is 8.77. The lowest BCUT2D eigenvalue weighted by Gasteiger charge is -2.33. The summed E-state index contributed by atoms with van der Waals surface area (Å²) in [5.41, 5.74) is 4.38. The molecule has 0 unspecified atom stereocenters. The van der Waals surface area contributed by atoms with Crippen LogP contribution in [0.2, 0.25) is 0 Å². The minimum absolute atomic E-state index is 0.581. The van der Waals surface area contributed by atoms with Crippen LogP contribution in [0.4, 0.5) is 0 Å². The first-order valence-electron chi connectivity index (χ1n) is 7.83. The van der Waals surface area contributed by atoms with Gasteiger partial charge in [-0.1, -0.05) is 0 Å². The normalized spacial score (nSPS) is 22.1. The summed E-state index contributed by atoms with van der Waals surface area (Å²) in [4.78, 5) is 2.62. The van der Waals surface area contributed by atoms with Gasteiger partial charge < -0.3 is 5.32 Å². The summed E-state index contributed by atoms with van der Waals surface area (Å²) >= 11 is 1.74. The highest BCUT2D eigenvalue weighted by Gasteiger charge is 2.38. The SMILES string of the molecule is c1cc(-c2[nH]ncc2CN2CCC3(CCNCC3)C2)cs1. The number of nitrogens with zero attached hydrogens (tertiary/aromatic N) is 2. The van der Waals surface area contributed by atoms with E-state index < -0.39 is 0 Å². The van der Waals surface area contributed by atoms with E-state index in [1.165, 1.54) is 62.3 Å². The molecule has 2 aliphatic heterocycles. The highest BCUT2D eigenvalue weighted by atomic mass is 32.1. The van der Waals surface area contributed by atoms with Crippen molar-refractivity contribution >= 4 is 11.3 Å². The monoisotopic (exact) mass is 302 g/mol. The summed E-state index contributed by atoms with van der Waals surface area (Å²) in [5.74, 6) is 0. The second-order valence-corrected chi connectivity index (χ2v) is 7.27. The number of piperidine rings is 1. The predicted molar refractivity (Wildman–Crippen MR) is 86.3 cm³/mol. The van der Waals surface area contributed by atoms with Crippen molar-refractivity contribution < 1.29 is 0 Å². The molecule has 112 valence electrons. The molecule has 0 aromatic carbocycles. The fourth-order valence-corrected chi connectivity index (χ4v) is 4.50. The van der Waals surface area contributed by atoms with E-state index in [1.807, 2.05) is 6.20 Å². The van der Waals surface area contributed by atoms with Gasteiger partial charge in [0.05, 0.1) is 11.9 Å². The minimum Gasteiger partial charge on any atom is -0.317 e. The van der Waals surface area contributed by atoms with Crippen LogP contribution in [-0.2, 0) is 6.54 Å². The topological polar surface area (TPSA) is 44.0 Å². The zero-order chi connectivity index (χ0) is 14.1. The third kappa shape index (κ3) is 2.65. The van der Waals surface area contributed by atoms with Gasteiger partial charge in [-0.3, -0.25) is 10.00 Å². The molecule has 4 nitrogen and oxygen atoms in total. The standard InChI is InChI=1S/C16H22N4S/c1-8-21-11-13(1)15-14(9-18-19-15)10-20-7-4-16(12-20)2-5-17-6-3-16/h1,8-9,11,17H,2-7,10,12H2,(H,18,19). The Labute approximate surface area is 129 Å². The molecular formula is C16H22N4S. The molecule has 2 N–H and O–H groups in total. The molecular weight excluding hydrogens is 280 g/mol. The molecule has 1 spiro atoms. The first-order chi connectivity index (χ1) is 10.3. The Kier molecular flexibility index (Phi) is 3.57. The molecule has 4 heterocycles. The van der Waals surface area contributed by atoms with Crippen LogP contribution < -0.4 is 5.32 Å². The Morgan fingerprint density at radius 3 is 3.00 bits per heavy atom. The summed E-state index contributed by atoms with van der Waals surface area (Å²) < 4.78 is 0. The molecule has 21 heavy (non-hydrogen) atoms. The molecule has 0 aliphatic carbocycles. The fraction of sp³-hybridized carbons (Fsp3) is 0.562. The number of hydrogen-bond acceptors (Lipinski definition) is 4. The van der Waals surface area contributed by atoms with Gasteiger partial charge in [-0.25, -0.2) is 0 Å². The lowest BCUT2D eigenvalue weighted by molar-refractivity contribution is 0.194. The van der Waals surface area contributed by atoms with Crippen LogP contribution in [0, 0.1) is 5.41 Å². The Hall–Kier alpha value is -1.17. The molecule has 0 amide bonds. The highest BCUT2D eigenvalue weighted by molar-refractivity contribution is 7.08. The smallest absolute Gasteiger partial charge is 0.0703 e. The maximum absolute atomic E-state index is 4.27. The van der Waals surface area contributed by atoms with Gasteiger partial charge in [0, 0.05) is 29.6 Å². The molecule has 0 radical (unpaired) electrons. The number of hydrogen-bond donors (Lipinski definition) is 2. The number of aromatic amines is 1. The summed E-state index contributed by atoms with van der Waals surface area (Å²) in [7, 11) is 0. The van der Waals surface area contributed by atoms with Crippen LogP contribution in [-0.4, -0.2) is 41.3 Å². The molecule has 0 bridgehead atoms. The second kappa shape index (κ2) is 5.55. The van der Waals surface area contributed by atoms with E-state index in [-0.39, 0.29) is 0 Å². The second-order valence-electron chi connectivity index (χ2n) is 6.49. The highest BCUT2D eigenvalue weighted by Crippen LogP contribution is 2.39. The van der Waals surface area contributed by atoms with E-state index >= 15 is 0 Å². The van der Waals surface area contributed by atoms with Gasteiger partial charge in [0.2, 0.25) is 0 Å². The fourth-order valence-electron chi connectivity index (χ4n) is 3.86. The Morgan fingerprint density at radius 2 is 2.19 bits per heavy atom. The van der Waals surface area contributed by atoms with Gasteiger partial charge in [0.1, 0.15) is 0 Å². The molecule has 2 aromatic heterocycles. The van der Waals surface area contributed by atoms with Crippen molar-refractivity contribution in [3.8, 4) is 11.3 Å². The number of rotatable bonds is 3. The van der Waals surface area contributed by atoms with Crippen LogP contribution in [0.5, 0.6) is 0 Å². The lowest BCUT2D eigenvalue weighted by atomic mass is 9.78. The summed E-state index contributed by atoms with van der Waals surface area (Å²) in [6.07, 6.45) is 6.04. The van der Waals surface area contributed by atoms with Gasteiger partial charge in [0.15, 0.2) is 0 Å². The molecule has 2 aliphatic rings. The van der Waals surface area contributed by atoms with E-state index in [0.29, 0.717) is 5.41 Å². The van der Waals surface area contributed by atoms with Crippen molar-refractivity contribution in [2.45, 2.75) is 25.8 Å². The lowest BCUT2D eigenvalue weighted by Crippen LogP contribution is -2.38. The van der Waals surface area contributed by atoms with E-state index in [0.717, 1.165) is 6.54 Å². The number of aromatic nitrogens is 2. The first kappa shape index (κ1) is 13.5. The van der Waals surface area contributed by atoms with E-state index in [2.05, 4.69) is 37.2 Å². The Bertz CT molecular complexity index is 583. The Balaban J connectivity index is 1.47. The number of thiophene rings is 1. The summed E-state index contributed by atoms with van der Waals surface area (Å²) in [6.45, 7) is 5.90. The zero-order valence-corrected chi connectivity index (χ0v) is 13.1. The van der Waals surface area contributed by atoms with Gasteiger partial charge in [-0.15, -0.1) is 0 Å². The van der Waals surface area contributed by atoms with Crippen LogP contribution in [0.3, 0.4) is 0 Å². The molecule has 2 aromatic rings. The predicted octanol–water partition coefficient (Wildman–Crippen LogP) is 2.71.